The summed E-state index contributed by atoms with van der Waals surface area (Å²) in [5.74, 6) is 0.952. The first-order valence-electron chi connectivity index (χ1n) is 14.9. The normalized spacial score (nSPS) is 9.84. The molecule has 0 saturated heterocycles. The van der Waals surface area contributed by atoms with Gasteiger partial charge in [0.1, 0.15) is 0 Å². The van der Waals surface area contributed by atoms with Crippen molar-refractivity contribution in [3.63, 3.8) is 0 Å². The van der Waals surface area contributed by atoms with Crippen molar-refractivity contribution in [1.82, 2.24) is 9.78 Å². The van der Waals surface area contributed by atoms with Gasteiger partial charge in [-0.15, -0.1) is 42.1 Å². The van der Waals surface area contributed by atoms with Crippen molar-refractivity contribution in [3.8, 4) is 0 Å². The summed E-state index contributed by atoms with van der Waals surface area (Å²) in [5, 5.41) is 9.56. The first-order valence-corrected chi connectivity index (χ1v) is 14.9. The Kier molecular flexibility index (Phi) is 17.8. The van der Waals surface area contributed by atoms with Gasteiger partial charge < -0.3 is 5.32 Å². The maximum atomic E-state index is 4.96. The second kappa shape index (κ2) is 20.3. The number of aryl methyl sites for hydroxylation is 1. The summed E-state index contributed by atoms with van der Waals surface area (Å²) in [6.45, 7) is 25.0. The molecule has 44 heavy (non-hydrogen) atoms. The molecule has 0 aliphatic carbocycles. The summed E-state index contributed by atoms with van der Waals surface area (Å²) < 4.78 is 1.94. The predicted molar refractivity (Wildman–Crippen MR) is 187 cm³/mol. The van der Waals surface area contributed by atoms with Gasteiger partial charge >= 0.3 is 0 Å². The Labute approximate surface area is 286 Å². The molecule has 0 aliphatic heterocycles. The molecule has 3 nitrogen and oxygen atoms in total. The van der Waals surface area contributed by atoms with Crippen LogP contribution in [0.1, 0.15) is 84.3 Å². The zero-order valence-electron chi connectivity index (χ0n) is 27.7. The van der Waals surface area contributed by atoms with Crippen molar-refractivity contribution in [2.75, 3.05) is 0 Å². The molecule has 0 unspecified atom stereocenters. The molecular weight excluding hydrogens is 701 g/mol. The van der Waals surface area contributed by atoms with Crippen LogP contribution in [0.4, 0.5) is 5.69 Å². The SMILES string of the molecule is Cc1c(C[N-]c2c(C(C)C)cccc2C(C)C)nn(C)c1C.[CH2-]c1ccccc1.[CH2-]c1ccccc1.[CH2-]c1ccccc1.[Hf]. The Bertz CT molecular complexity index is 1340. The molecule has 4 aromatic carbocycles. The summed E-state index contributed by atoms with van der Waals surface area (Å²) >= 11 is 0. The van der Waals surface area contributed by atoms with Crippen LogP contribution in [0.15, 0.2) is 109 Å². The van der Waals surface area contributed by atoms with Crippen molar-refractivity contribution in [3.05, 3.63) is 180 Å². The average molecular weight is 750 g/mol. The zero-order valence-corrected chi connectivity index (χ0v) is 31.3. The van der Waals surface area contributed by atoms with E-state index in [1.54, 1.807) is 0 Å². The summed E-state index contributed by atoms with van der Waals surface area (Å²) in [7, 11) is 1.99. The van der Waals surface area contributed by atoms with E-state index in [0.29, 0.717) is 18.4 Å². The van der Waals surface area contributed by atoms with E-state index in [1.807, 2.05) is 103 Å². The molecule has 4 heteroatoms. The van der Waals surface area contributed by atoms with Crippen LogP contribution in [0.2, 0.25) is 0 Å². The fourth-order valence-corrected chi connectivity index (χ4v) is 4.22. The van der Waals surface area contributed by atoms with Crippen LogP contribution in [0, 0.1) is 34.6 Å². The molecule has 0 N–H and O–H groups in total. The van der Waals surface area contributed by atoms with E-state index in [9.17, 15) is 0 Å². The molecule has 5 aromatic rings. The number of aromatic nitrogens is 2. The van der Waals surface area contributed by atoms with Gasteiger partial charge in [0, 0.05) is 44.3 Å². The zero-order chi connectivity index (χ0) is 31.8. The van der Waals surface area contributed by atoms with Crippen molar-refractivity contribution < 1.29 is 25.8 Å². The molecule has 0 fully saturated rings. The molecule has 1 aromatic heterocycles. The minimum Gasteiger partial charge on any atom is -0.679 e. The fourth-order valence-electron chi connectivity index (χ4n) is 4.22. The summed E-state index contributed by atoms with van der Waals surface area (Å²) in [5.41, 5.74) is 10.6. The molecule has 232 valence electrons. The maximum Gasteiger partial charge on any atom is 0.0481 e. The fraction of sp³-hybridized carbons (Fsp3) is 0.250. The Morgan fingerprint density at radius 2 is 0.977 bits per heavy atom. The van der Waals surface area contributed by atoms with Gasteiger partial charge in [0.25, 0.3) is 0 Å². The van der Waals surface area contributed by atoms with E-state index in [1.165, 1.54) is 22.4 Å². The quantitative estimate of drug-likeness (QED) is 0.130. The molecule has 0 aliphatic rings. The molecule has 5 rings (SSSR count). The van der Waals surface area contributed by atoms with Crippen molar-refractivity contribution in [2.24, 2.45) is 7.05 Å². The molecule has 0 saturated carbocycles. The van der Waals surface area contributed by atoms with Gasteiger partial charge in [-0.3, -0.25) is 4.68 Å². The average Bonchev–Trinajstić information content (AvgIpc) is 3.24. The summed E-state index contributed by atoms with van der Waals surface area (Å²) in [6.07, 6.45) is 0. The van der Waals surface area contributed by atoms with Crippen LogP contribution in [0.5, 0.6) is 0 Å². The number of para-hydroxylation sites is 1. The van der Waals surface area contributed by atoms with E-state index >= 15 is 0 Å². The second-order valence-corrected chi connectivity index (χ2v) is 11.1. The third-order valence-electron chi connectivity index (χ3n) is 6.99. The van der Waals surface area contributed by atoms with Gasteiger partial charge in [0.15, 0.2) is 0 Å². The summed E-state index contributed by atoms with van der Waals surface area (Å²) in [6, 6.07) is 36.2. The minimum absolute atomic E-state index is 0. The van der Waals surface area contributed by atoms with Crippen LogP contribution in [0.3, 0.4) is 0 Å². The molecule has 0 amide bonds. The monoisotopic (exact) mass is 751 g/mol. The first kappa shape index (κ1) is 38.4. The topological polar surface area (TPSA) is 31.9 Å². The third kappa shape index (κ3) is 13.3. The van der Waals surface area contributed by atoms with E-state index in [-0.39, 0.29) is 25.8 Å². The maximum absolute atomic E-state index is 4.96. The van der Waals surface area contributed by atoms with E-state index in [4.69, 9.17) is 5.32 Å². The first-order chi connectivity index (χ1) is 20.5. The van der Waals surface area contributed by atoms with Gasteiger partial charge in [-0.1, -0.05) is 81.8 Å². The van der Waals surface area contributed by atoms with E-state index in [0.717, 1.165) is 28.1 Å². The Balaban J connectivity index is 0.000000355. The van der Waals surface area contributed by atoms with Crippen molar-refractivity contribution >= 4 is 5.69 Å². The Morgan fingerprint density at radius 3 is 1.23 bits per heavy atom. The number of benzene rings is 4. The molecule has 0 bridgehead atoms. The number of hydrogen-bond donors (Lipinski definition) is 0. The molecule has 1 heterocycles. The van der Waals surface area contributed by atoms with Crippen molar-refractivity contribution in [2.45, 2.75) is 59.9 Å². The van der Waals surface area contributed by atoms with E-state index in [2.05, 4.69) is 85.6 Å². The molecule has 0 atom stereocenters. The second-order valence-electron chi connectivity index (χ2n) is 11.1. The standard InChI is InChI=1S/C19H28N3.3C7H7.Hf/c1-12(2)16-9-8-10-17(13(3)4)19(16)20-11-18-14(5)15(6)22(7)21-18;3*1-7-5-3-2-4-6-7;/h8-10,12-13H,11H2,1-7H3;3*2-6H,1H2;/q4*-1;. The predicted octanol–water partition coefficient (Wildman–Crippen LogP) is 11.1. The van der Waals surface area contributed by atoms with Crippen LogP contribution in [-0.4, -0.2) is 9.78 Å². The van der Waals surface area contributed by atoms with Crippen LogP contribution in [-0.2, 0) is 39.4 Å². The largest absolute Gasteiger partial charge is 0.679 e. The number of hydrogen-bond acceptors (Lipinski definition) is 1. The molecule has 0 radical (unpaired) electrons. The molecular formula is C40H49HfN3-4. The molecule has 0 spiro atoms. The van der Waals surface area contributed by atoms with Gasteiger partial charge in [-0.05, 0) is 31.2 Å². The van der Waals surface area contributed by atoms with Gasteiger partial charge in [0.2, 0.25) is 0 Å². The Hall–Kier alpha value is -3.63. The Morgan fingerprint density at radius 1 is 0.614 bits per heavy atom. The van der Waals surface area contributed by atoms with Gasteiger partial charge in [0.05, 0.1) is 0 Å². The van der Waals surface area contributed by atoms with Gasteiger partial charge in [-0.2, -0.15) is 79.0 Å². The van der Waals surface area contributed by atoms with Gasteiger partial charge in [-0.25, -0.2) is 0 Å². The van der Waals surface area contributed by atoms with Crippen LogP contribution >= 0.6 is 0 Å². The number of nitrogens with zero attached hydrogens (tertiary/aromatic N) is 3. The third-order valence-corrected chi connectivity index (χ3v) is 6.99. The smallest absolute Gasteiger partial charge is 0.0481 e. The van der Waals surface area contributed by atoms with Crippen LogP contribution < -0.4 is 0 Å². The van der Waals surface area contributed by atoms with E-state index < -0.39 is 0 Å². The van der Waals surface area contributed by atoms with Crippen LogP contribution in [0.25, 0.3) is 5.32 Å². The van der Waals surface area contributed by atoms with Crippen molar-refractivity contribution in [1.29, 1.82) is 0 Å². The number of rotatable bonds is 5. The minimum atomic E-state index is 0. The summed E-state index contributed by atoms with van der Waals surface area (Å²) in [4.78, 5) is 0.